The molecule has 1 fully saturated rings. The molecule has 0 amide bonds. The lowest BCUT2D eigenvalue weighted by Crippen LogP contribution is -2.16. The van der Waals surface area contributed by atoms with Gasteiger partial charge in [0.15, 0.2) is 0 Å². The van der Waals surface area contributed by atoms with E-state index in [0.717, 1.165) is 12.4 Å². The van der Waals surface area contributed by atoms with E-state index in [1.807, 2.05) is 0 Å². The monoisotopic (exact) mass is 188 g/mol. The third kappa shape index (κ3) is 3.36. The zero-order valence-corrected chi connectivity index (χ0v) is 8.85. The summed E-state index contributed by atoms with van der Waals surface area (Å²) in [6, 6.07) is 0. The fourth-order valence-corrected chi connectivity index (χ4v) is 1.99. The van der Waals surface area contributed by atoms with Crippen LogP contribution >= 0.6 is 12.6 Å². The predicted octanol–water partition coefficient (Wildman–Crippen LogP) is 2.90. The zero-order valence-electron chi connectivity index (χ0n) is 7.96. The maximum atomic E-state index is 5.80. The van der Waals surface area contributed by atoms with Crippen LogP contribution in [0.3, 0.4) is 0 Å². The van der Waals surface area contributed by atoms with Crippen LogP contribution in [-0.4, -0.2) is 18.5 Å². The van der Waals surface area contributed by atoms with E-state index >= 15 is 0 Å². The van der Waals surface area contributed by atoms with Gasteiger partial charge in [0.25, 0.3) is 0 Å². The maximum absolute atomic E-state index is 5.80. The lowest BCUT2D eigenvalue weighted by Gasteiger charge is -2.16. The van der Waals surface area contributed by atoms with Crippen LogP contribution in [0.5, 0.6) is 0 Å². The molecule has 12 heavy (non-hydrogen) atoms. The van der Waals surface area contributed by atoms with Crippen molar-refractivity contribution in [3.8, 4) is 0 Å². The van der Waals surface area contributed by atoms with Crippen LogP contribution < -0.4 is 0 Å². The van der Waals surface area contributed by atoms with Gasteiger partial charge in [-0.1, -0.05) is 26.2 Å². The highest BCUT2D eigenvalue weighted by molar-refractivity contribution is 7.80. The molecule has 0 saturated heterocycles. The fourth-order valence-electron chi connectivity index (χ4n) is 1.63. The van der Waals surface area contributed by atoms with Crippen LogP contribution in [0, 0.1) is 5.92 Å². The number of ether oxygens (including phenoxy) is 1. The van der Waals surface area contributed by atoms with E-state index in [1.54, 1.807) is 0 Å². The standard InChI is InChI=1S/C10H20OS/c1-2-9(8-12)7-11-10-5-3-4-6-10/h9-10,12H,2-8H2,1H3. The second-order valence-electron chi connectivity index (χ2n) is 3.70. The van der Waals surface area contributed by atoms with E-state index in [2.05, 4.69) is 19.6 Å². The fraction of sp³-hybridized carbons (Fsp3) is 1.00. The van der Waals surface area contributed by atoms with Crippen LogP contribution in [0.1, 0.15) is 39.0 Å². The summed E-state index contributed by atoms with van der Waals surface area (Å²) in [5.74, 6) is 1.62. The van der Waals surface area contributed by atoms with Crippen molar-refractivity contribution in [1.29, 1.82) is 0 Å². The molecule has 0 aromatic carbocycles. The lowest BCUT2D eigenvalue weighted by atomic mass is 10.1. The molecule has 0 bridgehead atoms. The first-order chi connectivity index (χ1) is 5.86. The third-order valence-corrected chi connectivity index (χ3v) is 3.22. The van der Waals surface area contributed by atoms with Crippen molar-refractivity contribution >= 4 is 12.6 Å². The van der Waals surface area contributed by atoms with Crippen LogP contribution in [-0.2, 0) is 4.74 Å². The summed E-state index contributed by atoms with van der Waals surface area (Å²) >= 11 is 4.29. The van der Waals surface area contributed by atoms with Crippen LogP contribution in [0.2, 0.25) is 0 Å². The van der Waals surface area contributed by atoms with Crippen molar-refractivity contribution in [1.82, 2.24) is 0 Å². The Morgan fingerprint density at radius 1 is 1.42 bits per heavy atom. The molecule has 0 aromatic heterocycles. The number of rotatable bonds is 5. The molecule has 72 valence electrons. The molecule has 1 rings (SSSR count). The summed E-state index contributed by atoms with van der Waals surface area (Å²) in [5, 5.41) is 0. The Labute approximate surface area is 81.3 Å². The van der Waals surface area contributed by atoms with Crippen LogP contribution in [0.4, 0.5) is 0 Å². The summed E-state index contributed by atoms with van der Waals surface area (Å²) in [6.07, 6.45) is 7.05. The van der Waals surface area contributed by atoms with Gasteiger partial charge < -0.3 is 4.74 Å². The molecule has 1 unspecified atom stereocenters. The normalized spacial score (nSPS) is 21.5. The summed E-state index contributed by atoms with van der Waals surface area (Å²) in [5.41, 5.74) is 0. The first-order valence-electron chi connectivity index (χ1n) is 5.09. The first kappa shape index (κ1) is 10.4. The molecule has 0 N–H and O–H groups in total. The summed E-state index contributed by atoms with van der Waals surface area (Å²) in [4.78, 5) is 0. The first-order valence-corrected chi connectivity index (χ1v) is 5.72. The molecule has 1 aliphatic carbocycles. The lowest BCUT2D eigenvalue weighted by molar-refractivity contribution is 0.0375. The van der Waals surface area contributed by atoms with Crippen molar-refractivity contribution in [3.63, 3.8) is 0 Å². The average molecular weight is 188 g/mol. The largest absolute Gasteiger partial charge is 0.378 e. The molecule has 1 nitrogen and oxygen atoms in total. The number of hydrogen-bond donors (Lipinski definition) is 1. The van der Waals surface area contributed by atoms with Gasteiger partial charge in [-0.05, 0) is 24.5 Å². The Morgan fingerprint density at radius 2 is 2.08 bits per heavy atom. The predicted molar refractivity (Wildman–Crippen MR) is 55.8 cm³/mol. The topological polar surface area (TPSA) is 9.23 Å². The van der Waals surface area contributed by atoms with E-state index in [1.165, 1.54) is 32.1 Å². The molecular formula is C10H20OS. The molecule has 0 radical (unpaired) electrons. The molecule has 0 spiro atoms. The molecule has 1 aliphatic rings. The molecule has 0 heterocycles. The third-order valence-electron chi connectivity index (χ3n) is 2.71. The Bertz CT molecular complexity index is 104. The van der Waals surface area contributed by atoms with Crippen molar-refractivity contribution in [2.24, 2.45) is 5.92 Å². The Balaban J connectivity index is 2.06. The highest BCUT2D eigenvalue weighted by Gasteiger charge is 2.16. The van der Waals surface area contributed by atoms with Crippen molar-refractivity contribution in [3.05, 3.63) is 0 Å². The van der Waals surface area contributed by atoms with Gasteiger partial charge in [-0.15, -0.1) is 0 Å². The number of thiol groups is 1. The number of hydrogen-bond acceptors (Lipinski definition) is 2. The molecule has 0 aliphatic heterocycles. The van der Waals surface area contributed by atoms with Gasteiger partial charge in [-0.3, -0.25) is 0 Å². The van der Waals surface area contributed by atoms with Gasteiger partial charge in [-0.25, -0.2) is 0 Å². The minimum atomic E-state index is 0.568. The quantitative estimate of drug-likeness (QED) is 0.653. The van der Waals surface area contributed by atoms with E-state index in [-0.39, 0.29) is 0 Å². The molecule has 1 saturated carbocycles. The van der Waals surface area contributed by atoms with Gasteiger partial charge in [-0.2, -0.15) is 12.6 Å². The second-order valence-corrected chi connectivity index (χ2v) is 4.06. The van der Waals surface area contributed by atoms with Gasteiger partial charge >= 0.3 is 0 Å². The highest BCUT2D eigenvalue weighted by atomic mass is 32.1. The SMILES string of the molecule is CCC(CS)COC1CCCC1. The van der Waals surface area contributed by atoms with E-state index in [9.17, 15) is 0 Å². The van der Waals surface area contributed by atoms with E-state index in [0.29, 0.717) is 12.0 Å². The highest BCUT2D eigenvalue weighted by Crippen LogP contribution is 2.21. The van der Waals surface area contributed by atoms with E-state index in [4.69, 9.17) is 4.74 Å². The average Bonchev–Trinajstić information content (AvgIpc) is 2.59. The van der Waals surface area contributed by atoms with Gasteiger partial charge in [0.1, 0.15) is 0 Å². The van der Waals surface area contributed by atoms with Crippen molar-refractivity contribution < 1.29 is 4.74 Å². The second kappa shape index (κ2) is 5.87. The van der Waals surface area contributed by atoms with Crippen LogP contribution in [0.25, 0.3) is 0 Å². The van der Waals surface area contributed by atoms with Gasteiger partial charge in [0.05, 0.1) is 12.7 Å². The van der Waals surface area contributed by atoms with Crippen molar-refractivity contribution in [2.75, 3.05) is 12.4 Å². The molecule has 1 atom stereocenters. The summed E-state index contributed by atoms with van der Waals surface area (Å²) in [7, 11) is 0. The summed E-state index contributed by atoms with van der Waals surface area (Å²) in [6.45, 7) is 3.13. The summed E-state index contributed by atoms with van der Waals surface area (Å²) < 4.78 is 5.80. The van der Waals surface area contributed by atoms with E-state index < -0.39 is 0 Å². The van der Waals surface area contributed by atoms with Gasteiger partial charge in [0.2, 0.25) is 0 Å². The molecule has 2 heteroatoms. The Hall–Kier alpha value is 0.310. The van der Waals surface area contributed by atoms with Crippen molar-refractivity contribution in [2.45, 2.75) is 45.1 Å². The van der Waals surface area contributed by atoms with Gasteiger partial charge in [0, 0.05) is 0 Å². The zero-order chi connectivity index (χ0) is 8.81. The maximum Gasteiger partial charge on any atom is 0.0575 e. The Morgan fingerprint density at radius 3 is 2.58 bits per heavy atom. The molecular weight excluding hydrogens is 168 g/mol. The minimum absolute atomic E-state index is 0.568. The Kier molecular flexibility index (Phi) is 5.08. The molecule has 0 aromatic rings. The van der Waals surface area contributed by atoms with Crippen LogP contribution in [0.15, 0.2) is 0 Å². The minimum Gasteiger partial charge on any atom is -0.378 e. The smallest absolute Gasteiger partial charge is 0.0575 e.